The normalized spacial score (nSPS) is 12.8. The molecule has 0 aliphatic carbocycles. The van der Waals surface area contributed by atoms with E-state index >= 15 is 0 Å². The van der Waals surface area contributed by atoms with Gasteiger partial charge in [-0.2, -0.15) is 5.10 Å². The lowest BCUT2D eigenvalue weighted by Crippen LogP contribution is -2.30. The Hall–Kier alpha value is -0.470. The van der Waals surface area contributed by atoms with Crippen molar-refractivity contribution >= 4 is 15.9 Å². The average Bonchev–Trinajstić information content (AvgIpc) is 2.78. The summed E-state index contributed by atoms with van der Waals surface area (Å²) in [5, 5.41) is 4.33. The highest BCUT2D eigenvalue weighted by molar-refractivity contribution is 9.10. The van der Waals surface area contributed by atoms with Crippen LogP contribution in [0.1, 0.15) is 31.5 Å². The minimum absolute atomic E-state index is 0.0502. The molecule has 3 N–H and O–H groups in total. The van der Waals surface area contributed by atoms with Crippen LogP contribution in [0.3, 0.4) is 0 Å². The van der Waals surface area contributed by atoms with Crippen molar-refractivity contribution in [1.29, 1.82) is 0 Å². The summed E-state index contributed by atoms with van der Waals surface area (Å²) in [5.74, 6) is 5.66. The van der Waals surface area contributed by atoms with Crippen molar-refractivity contribution in [3.05, 3.63) is 16.4 Å². The number of nitrogens with one attached hydrogen (secondary N) is 1. The van der Waals surface area contributed by atoms with Crippen molar-refractivity contribution in [3.63, 3.8) is 0 Å². The zero-order chi connectivity index (χ0) is 14.1. The third-order valence-electron chi connectivity index (χ3n) is 2.86. The van der Waals surface area contributed by atoms with E-state index in [-0.39, 0.29) is 6.04 Å². The molecule has 0 fully saturated rings. The van der Waals surface area contributed by atoms with Crippen molar-refractivity contribution in [2.75, 3.05) is 26.9 Å². The van der Waals surface area contributed by atoms with E-state index in [1.54, 1.807) is 13.3 Å². The molecule has 19 heavy (non-hydrogen) atoms. The highest BCUT2D eigenvalue weighted by atomic mass is 79.9. The molecule has 0 amide bonds. The van der Waals surface area contributed by atoms with Crippen LogP contribution in [0.2, 0.25) is 0 Å². The number of nitrogens with two attached hydrogens (primary N) is 1. The predicted octanol–water partition coefficient (Wildman–Crippen LogP) is 1.61. The van der Waals surface area contributed by atoms with Gasteiger partial charge >= 0.3 is 0 Å². The lowest BCUT2D eigenvalue weighted by molar-refractivity contribution is 0.140. The molecule has 1 heterocycles. The topological polar surface area (TPSA) is 74.3 Å². The Bertz CT molecular complexity index is 359. The Morgan fingerprint density at radius 1 is 1.53 bits per heavy atom. The number of aromatic nitrogens is 2. The average molecular weight is 335 g/mol. The van der Waals surface area contributed by atoms with E-state index in [4.69, 9.17) is 15.3 Å². The fraction of sp³-hybridized carbons (Fsp3) is 0.750. The third kappa shape index (κ3) is 5.19. The summed E-state index contributed by atoms with van der Waals surface area (Å²) in [7, 11) is 1.68. The standard InChI is InChI=1S/C12H23BrN4O2/c1-3-19-7-4-5-11(16-14)12-10(13)9-15-17(12)6-8-18-2/h9,11,16H,3-8,14H2,1-2H3. The maximum absolute atomic E-state index is 5.66. The molecule has 0 saturated heterocycles. The second-order valence-electron chi connectivity index (χ2n) is 4.15. The number of hydrogen-bond acceptors (Lipinski definition) is 5. The van der Waals surface area contributed by atoms with Crippen molar-refractivity contribution < 1.29 is 9.47 Å². The van der Waals surface area contributed by atoms with E-state index < -0.39 is 0 Å². The number of rotatable bonds is 10. The predicted molar refractivity (Wildman–Crippen MR) is 77.6 cm³/mol. The molecule has 1 rings (SSSR count). The molecule has 1 aromatic rings. The van der Waals surface area contributed by atoms with Crippen LogP contribution in [-0.2, 0) is 16.0 Å². The summed E-state index contributed by atoms with van der Waals surface area (Å²) in [6, 6.07) is 0.0502. The van der Waals surface area contributed by atoms with Gasteiger partial charge in [0.2, 0.25) is 0 Å². The molecule has 0 aromatic carbocycles. The summed E-state index contributed by atoms with van der Waals surface area (Å²) < 4.78 is 13.3. The van der Waals surface area contributed by atoms with Gasteiger partial charge in [0.05, 0.1) is 35.6 Å². The van der Waals surface area contributed by atoms with Gasteiger partial charge in [-0.3, -0.25) is 16.0 Å². The van der Waals surface area contributed by atoms with Crippen LogP contribution in [0, 0.1) is 0 Å². The van der Waals surface area contributed by atoms with Gasteiger partial charge < -0.3 is 9.47 Å². The molecule has 1 atom stereocenters. The Morgan fingerprint density at radius 3 is 2.95 bits per heavy atom. The van der Waals surface area contributed by atoms with Gasteiger partial charge in [0.15, 0.2) is 0 Å². The van der Waals surface area contributed by atoms with Crippen molar-refractivity contribution in [3.8, 4) is 0 Å². The molecule has 7 heteroatoms. The summed E-state index contributed by atoms with van der Waals surface area (Å²) in [6.07, 6.45) is 3.64. The minimum atomic E-state index is 0.0502. The van der Waals surface area contributed by atoms with Crippen molar-refractivity contribution in [2.24, 2.45) is 5.84 Å². The smallest absolute Gasteiger partial charge is 0.0710 e. The zero-order valence-corrected chi connectivity index (χ0v) is 13.1. The molecular formula is C12H23BrN4O2. The second-order valence-corrected chi connectivity index (χ2v) is 5.01. The molecule has 110 valence electrons. The summed E-state index contributed by atoms with van der Waals surface area (Å²) in [6.45, 7) is 4.82. The van der Waals surface area contributed by atoms with E-state index in [9.17, 15) is 0 Å². The van der Waals surface area contributed by atoms with Crippen LogP contribution in [0.5, 0.6) is 0 Å². The maximum Gasteiger partial charge on any atom is 0.0710 e. The molecule has 0 saturated carbocycles. The Balaban J connectivity index is 2.65. The lowest BCUT2D eigenvalue weighted by atomic mass is 10.1. The SMILES string of the molecule is CCOCCCC(NN)c1c(Br)cnn1CCOC. The van der Waals surface area contributed by atoms with Crippen molar-refractivity contribution in [2.45, 2.75) is 32.4 Å². The molecule has 0 spiro atoms. The highest BCUT2D eigenvalue weighted by Gasteiger charge is 2.18. The van der Waals surface area contributed by atoms with E-state index in [0.717, 1.165) is 36.2 Å². The van der Waals surface area contributed by atoms with E-state index in [1.165, 1.54) is 0 Å². The molecule has 6 nitrogen and oxygen atoms in total. The van der Waals surface area contributed by atoms with Crippen molar-refractivity contribution in [1.82, 2.24) is 15.2 Å². The van der Waals surface area contributed by atoms with Gasteiger partial charge in [-0.1, -0.05) is 0 Å². The first-order valence-corrected chi connectivity index (χ1v) is 7.27. The van der Waals surface area contributed by atoms with Gasteiger partial charge in [-0.05, 0) is 35.7 Å². The first-order valence-electron chi connectivity index (χ1n) is 6.48. The molecule has 0 radical (unpaired) electrons. The second kappa shape index (κ2) is 9.44. The molecule has 0 aliphatic heterocycles. The molecule has 1 aromatic heterocycles. The Morgan fingerprint density at radius 2 is 2.32 bits per heavy atom. The van der Waals surface area contributed by atoms with Crippen LogP contribution < -0.4 is 11.3 Å². The lowest BCUT2D eigenvalue weighted by Gasteiger charge is -2.18. The molecule has 0 bridgehead atoms. The van der Waals surface area contributed by atoms with Crippen LogP contribution in [0.4, 0.5) is 0 Å². The quantitative estimate of drug-likeness (QED) is 0.386. The fourth-order valence-corrected chi connectivity index (χ4v) is 2.48. The first kappa shape index (κ1) is 16.6. The van der Waals surface area contributed by atoms with Crippen LogP contribution >= 0.6 is 15.9 Å². The molecule has 1 unspecified atom stereocenters. The van der Waals surface area contributed by atoms with Crippen LogP contribution in [0.25, 0.3) is 0 Å². The zero-order valence-electron chi connectivity index (χ0n) is 11.6. The summed E-state index contributed by atoms with van der Waals surface area (Å²) >= 11 is 3.52. The minimum Gasteiger partial charge on any atom is -0.383 e. The monoisotopic (exact) mass is 334 g/mol. The van der Waals surface area contributed by atoms with Gasteiger partial charge in [0, 0.05) is 20.3 Å². The number of ether oxygens (including phenoxy) is 2. The highest BCUT2D eigenvalue weighted by Crippen LogP contribution is 2.26. The largest absolute Gasteiger partial charge is 0.383 e. The number of methoxy groups -OCH3 is 1. The number of hydrazine groups is 1. The number of halogens is 1. The van der Waals surface area contributed by atoms with Gasteiger partial charge in [-0.25, -0.2) is 0 Å². The fourth-order valence-electron chi connectivity index (χ4n) is 1.91. The van der Waals surface area contributed by atoms with Gasteiger partial charge in [0.1, 0.15) is 0 Å². The number of hydrogen-bond donors (Lipinski definition) is 2. The van der Waals surface area contributed by atoms with E-state index in [0.29, 0.717) is 13.2 Å². The third-order valence-corrected chi connectivity index (χ3v) is 3.47. The molecule has 0 aliphatic rings. The maximum atomic E-state index is 5.66. The molecular weight excluding hydrogens is 312 g/mol. The van der Waals surface area contributed by atoms with Crippen LogP contribution in [-0.4, -0.2) is 36.7 Å². The Labute approximate surface area is 122 Å². The number of nitrogens with zero attached hydrogens (tertiary/aromatic N) is 2. The van der Waals surface area contributed by atoms with Gasteiger partial charge in [-0.15, -0.1) is 0 Å². The van der Waals surface area contributed by atoms with E-state index in [1.807, 2.05) is 11.6 Å². The Kier molecular flexibility index (Phi) is 8.24. The summed E-state index contributed by atoms with van der Waals surface area (Å²) in [4.78, 5) is 0. The van der Waals surface area contributed by atoms with E-state index in [2.05, 4.69) is 26.5 Å². The van der Waals surface area contributed by atoms with Gasteiger partial charge in [0.25, 0.3) is 0 Å². The first-order chi connectivity index (χ1) is 9.24. The summed E-state index contributed by atoms with van der Waals surface area (Å²) in [5.41, 5.74) is 3.90. The van der Waals surface area contributed by atoms with Crippen LogP contribution in [0.15, 0.2) is 10.7 Å².